The lowest BCUT2D eigenvalue weighted by Gasteiger charge is -2.12. The van der Waals surface area contributed by atoms with Gasteiger partial charge in [-0.25, -0.2) is 4.79 Å². The van der Waals surface area contributed by atoms with Crippen molar-refractivity contribution in [2.75, 3.05) is 27.9 Å². The van der Waals surface area contributed by atoms with Crippen molar-refractivity contribution < 1.29 is 28.5 Å². The molecule has 0 saturated heterocycles. The summed E-state index contributed by atoms with van der Waals surface area (Å²) in [4.78, 5) is 23.5. The second-order valence-corrected chi connectivity index (χ2v) is 4.90. The third-order valence-corrected chi connectivity index (χ3v) is 3.22. The predicted molar refractivity (Wildman–Crippen MR) is 93.9 cm³/mol. The zero-order valence-corrected chi connectivity index (χ0v) is 14.8. The molecule has 1 N–H and O–H groups in total. The molecule has 0 spiro atoms. The summed E-state index contributed by atoms with van der Waals surface area (Å²) in [5.74, 6) is 0.446. The van der Waals surface area contributed by atoms with Crippen molar-refractivity contribution in [3.8, 4) is 17.2 Å². The first-order chi connectivity index (χ1) is 12.0. The average Bonchev–Trinajstić information content (AvgIpc) is 2.63. The molecule has 1 rings (SSSR count). The number of esters is 1. The number of carbonyl (C=O) groups excluding carboxylic acids is 2. The number of rotatable bonds is 9. The van der Waals surface area contributed by atoms with Crippen LogP contribution in [0.1, 0.15) is 12.5 Å². The molecule has 1 amide bonds. The Hall–Kier alpha value is -2.96. The van der Waals surface area contributed by atoms with E-state index in [1.54, 1.807) is 12.1 Å². The number of benzene rings is 1. The molecule has 1 aromatic carbocycles. The summed E-state index contributed by atoms with van der Waals surface area (Å²) < 4.78 is 20.7. The quantitative estimate of drug-likeness (QED) is 0.417. The van der Waals surface area contributed by atoms with Crippen LogP contribution in [-0.4, -0.2) is 45.9 Å². The molecule has 7 nitrogen and oxygen atoms in total. The van der Waals surface area contributed by atoms with Gasteiger partial charge < -0.3 is 24.3 Å². The van der Waals surface area contributed by atoms with Crippen LogP contribution in [0.2, 0.25) is 0 Å². The summed E-state index contributed by atoms with van der Waals surface area (Å²) in [6, 6.07) is 3.32. The number of hydrogen-bond donors (Lipinski definition) is 1. The number of ether oxygens (including phenoxy) is 4. The molecule has 0 bridgehead atoms. The Labute approximate surface area is 147 Å². The van der Waals surface area contributed by atoms with Crippen molar-refractivity contribution in [2.24, 2.45) is 0 Å². The van der Waals surface area contributed by atoms with Crippen LogP contribution in [0.15, 0.2) is 30.9 Å². The average molecular weight is 349 g/mol. The van der Waals surface area contributed by atoms with Crippen LogP contribution in [0.5, 0.6) is 17.2 Å². The van der Waals surface area contributed by atoms with Gasteiger partial charge in [0, 0.05) is 24.3 Å². The minimum absolute atomic E-state index is 0.305. The van der Waals surface area contributed by atoms with Crippen molar-refractivity contribution >= 4 is 18.0 Å². The van der Waals surface area contributed by atoms with Gasteiger partial charge in [-0.1, -0.05) is 6.08 Å². The van der Waals surface area contributed by atoms with Gasteiger partial charge in [-0.2, -0.15) is 0 Å². The van der Waals surface area contributed by atoms with Crippen molar-refractivity contribution in [1.82, 2.24) is 5.32 Å². The second-order valence-electron chi connectivity index (χ2n) is 4.90. The number of nitrogens with one attached hydrogen (secondary N) is 1. The molecule has 25 heavy (non-hydrogen) atoms. The molecule has 0 aliphatic heterocycles. The Morgan fingerprint density at radius 3 is 2.28 bits per heavy atom. The molecule has 0 aliphatic rings. The van der Waals surface area contributed by atoms with Crippen LogP contribution in [0, 0.1) is 0 Å². The van der Waals surface area contributed by atoms with Crippen molar-refractivity contribution in [3.05, 3.63) is 36.4 Å². The molecular formula is C18H23NO6. The fraction of sp³-hybridized carbons (Fsp3) is 0.333. The standard InChI is InChI=1S/C18H23NO6/c1-6-9-19-18(21)12(2)25-17(20)8-7-13-10-15(23-4)16(24-5)11-14(13)22-3/h6-8,10-12H,1,9H2,2-5H3,(H,19,21)/b8-7+/t12-/m0/s1. The summed E-state index contributed by atoms with van der Waals surface area (Å²) in [7, 11) is 4.53. The molecule has 0 heterocycles. The van der Waals surface area contributed by atoms with Gasteiger partial charge in [0.15, 0.2) is 17.6 Å². The molecule has 0 aliphatic carbocycles. The van der Waals surface area contributed by atoms with E-state index < -0.39 is 18.0 Å². The van der Waals surface area contributed by atoms with E-state index in [1.165, 1.54) is 46.5 Å². The van der Waals surface area contributed by atoms with Gasteiger partial charge in [0.1, 0.15) is 5.75 Å². The van der Waals surface area contributed by atoms with Crippen LogP contribution >= 0.6 is 0 Å². The maximum atomic E-state index is 11.9. The van der Waals surface area contributed by atoms with E-state index in [0.717, 1.165) is 0 Å². The predicted octanol–water partition coefficient (Wildman–Crippen LogP) is 1.96. The van der Waals surface area contributed by atoms with Gasteiger partial charge in [0.25, 0.3) is 5.91 Å². The van der Waals surface area contributed by atoms with Crippen LogP contribution < -0.4 is 19.5 Å². The fourth-order valence-corrected chi connectivity index (χ4v) is 1.92. The molecule has 7 heteroatoms. The van der Waals surface area contributed by atoms with Gasteiger partial charge in [-0.15, -0.1) is 6.58 Å². The van der Waals surface area contributed by atoms with E-state index in [9.17, 15) is 9.59 Å². The minimum atomic E-state index is -0.913. The zero-order chi connectivity index (χ0) is 18.8. The highest BCUT2D eigenvalue weighted by atomic mass is 16.5. The summed E-state index contributed by atoms with van der Waals surface area (Å²) in [5.41, 5.74) is 0.598. The monoisotopic (exact) mass is 349 g/mol. The van der Waals surface area contributed by atoms with Crippen LogP contribution in [0.25, 0.3) is 6.08 Å². The normalized spacial score (nSPS) is 11.5. The molecule has 0 fully saturated rings. The van der Waals surface area contributed by atoms with Crippen molar-refractivity contribution in [1.29, 1.82) is 0 Å². The van der Waals surface area contributed by atoms with E-state index >= 15 is 0 Å². The highest BCUT2D eigenvalue weighted by molar-refractivity contribution is 5.90. The topological polar surface area (TPSA) is 83.1 Å². The molecule has 1 atom stereocenters. The van der Waals surface area contributed by atoms with Crippen LogP contribution in [0.3, 0.4) is 0 Å². The fourth-order valence-electron chi connectivity index (χ4n) is 1.92. The molecule has 0 radical (unpaired) electrons. The number of methoxy groups -OCH3 is 3. The summed E-state index contributed by atoms with van der Waals surface area (Å²) in [6.07, 6.45) is 3.35. The first-order valence-corrected chi connectivity index (χ1v) is 7.54. The summed E-state index contributed by atoms with van der Waals surface area (Å²) >= 11 is 0. The maximum Gasteiger partial charge on any atom is 0.331 e. The van der Waals surface area contributed by atoms with E-state index in [-0.39, 0.29) is 0 Å². The Morgan fingerprint density at radius 1 is 1.12 bits per heavy atom. The first kappa shape index (κ1) is 20.1. The van der Waals surface area contributed by atoms with E-state index in [1.807, 2.05) is 0 Å². The van der Waals surface area contributed by atoms with Crippen molar-refractivity contribution in [3.63, 3.8) is 0 Å². The largest absolute Gasteiger partial charge is 0.496 e. The van der Waals surface area contributed by atoms with E-state index in [4.69, 9.17) is 18.9 Å². The summed E-state index contributed by atoms with van der Waals surface area (Å²) in [6.45, 7) is 5.29. The summed E-state index contributed by atoms with van der Waals surface area (Å²) in [5, 5.41) is 2.55. The van der Waals surface area contributed by atoms with Gasteiger partial charge in [0.05, 0.1) is 21.3 Å². The minimum Gasteiger partial charge on any atom is -0.496 e. The molecule has 1 aromatic rings. The Balaban J connectivity index is 2.84. The lowest BCUT2D eigenvalue weighted by Crippen LogP contribution is -2.35. The lowest BCUT2D eigenvalue weighted by atomic mass is 10.1. The van der Waals surface area contributed by atoms with Crippen LogP contribution in [0.4, 0.5) is 0 Å². The van der Waals surface area contributed by atoms with Gasteiger partial charge >= 0.3 is 5.97 Å². The molecule has 136 valence electrons. The zero-order valence-electron chi connectivity index (χ0n) is 14.8. The molecular weight excluding hydrogens is 326 g/mol. The number of carbonyl (C=O) groups is 2. The number of amides is 1. The second kappa shape index (κ2) is 10.0. The first-order valence-electron chi connectivity index (χ1n) is 7.54. The van der Waals surface area contributed by atoms with Crippen molar-refractivity contribution in [2.45, 2.75) is 13.0 Å². The Bertz CT molecular complexity index is 653. The highest BCUT2D eigenvalue weighted by Gasteiger charge is 2.16. The lowest BCUT2D eigenvalue weighted by molar-refractivity contribution is -0.150. The Kier molecular flexibility index (Phi) is 8.05. The van der Waals surface area contributed by atoms with Gasteiger partial charge in [0.2, 0.25) is 0 Å². The SMILES string of the molecule is C=CCNC(=O)[C@H](C)OC(=O)/C=C/c1cc(OC)c(OC)cc1OC. The molecule has 0 aromatic heterocycles. The van der Waals surface area contributed by atoms with E-state index in [0.29, 0.717) is 29.4 Å². The van der Waals surface area contributed by atoms with Gasteiger partial charge in [-0.3, -0.25) is 4.79 Å². The molecule has 0 unspecified atom stereocenters. The van der Waals surface area contributed by atoms with Crippen LogP contribution in [-0.2, 0) is 14.3 Å². The highest BCUT2D eigenvalue weighted by Crippen LogP contribution is 2.35. The Morgan fingerprint density at radius 2 is 1.72 bits per heavy atom. The van der Waals surface area contributed by atoms with E-state index in [2.05, 4.69) is 11.9 Å². The third-order valence-electron chi connectivity index (χ3n) is 3.22. The molecule has 0 saturated carbocycles. The smallest absolute Gasteiger partial charge is 0.331 e. The van der Waals surface area contributed by atoms with Gasteiger partial charge in [-0.05, 0) is 19.1 Å². The maximum absolute atomic E-state index is 11.9. The number of hydrogen-bond acceptors (Lipinski definition) is 6. The third kappa shape index (κ3) is 5.87.